The monoisotopic (exact) mass is 224 g/mol. The van der Waals surface area contributed by atoms with Crippen molar-refractivity contribution < 1.29 is 4.74 Å². The third-order valence-electron chi connectivity index (χ3n) is 1.44. The van der Waals surface area contributed by atoms with E-state index in [2.05, 4.69) is 4.98 Å². The molecule has 0 aliphatic rings. The van der Waals surface area contributed by atoms with Gasteiger partial charge in [-0.15, -0.1) is 24.8 Å². The Morgan fingerprint density at radius 2 is 2.15 bits per heavy atom. The highest BCUT2D eigenvalue weighted by Crippen LogP contribution is 2.07. The first-order chi connectivity index (χ1) is 5.36. The average Bonchev–Trinajstić information content (AvgIpc) is 2.06. The zero-order chi connectivity index (χ0) is 8.10. The molecule has 0 aliphatic carbocycles. The van der Waals surface area contributed by atoms with E-state index in [-0.39, 0.29) is 24.8 Å². The Hall–Kier alpha value is -0.510. The quantitative estimate of drug-likeness (QED) is 0.846. The van der Waals surface area contributed by atoms with Crippen LogP contribution < -0.4 is 10.5 Å². The minimum Gasteiger partial charge on any atom is -0.481 e. The first-order valence-electron chi connectivity index (χ1n) is 3.56. The molecular weight excluding hydrogens is 211 g/mol. The van der Waals surface area contributed by atoms with Crippen LogP contribution in [0.15, 0.2) is 18.3 Å². The number of pyridine rings is 1. The van der Waals surface area contributed by atoms with Gasteiger partial charge in [-0.05, 0) is 24.6 Å². The van der Waals surface area contributed by atoms with Crippen LogP contribution in [-0.2, 0) is 6.42 Å². The molecule has 0 fully saturated rings. The van der Waals surface area contributed by atoms with E-state index in [9.17, 15) is 0 Å². The zero-order valence-corrected chi connectivity index (χ0v) is 9.03. The summed E-state index contributed by atoms with van der Waals surface area (Å²) in [7, 11) is 1.61. The van der Waals surface area contributed by atoms with Crippen LogP contribution in [0.4, 0.5) is 0 Å². The van der Waals surface area contributed by atoms with E-state index >= 15 is 0 Å². The van der Waals surface area contributed by atoms with Gasteiger partial charge >= 0.3 is 0 Å². The van der Waals surface area contributed by atoms with Crippen molar-refractivity contribution in [2.75, 3.05) is 13.7 Å². The Morgan fingerprint density at radius 3 is 2.69 bits per heavy atom. The van der Waals surface area contributed by atoms with Crippen LogP contribution in [-0.4, -0.2) is 18.6 Å². The lowest BCUT2D eigenvalue weighted by molar-refractivity contribution is 0.397. The van der Waals surface area contributed by atoms with E-state index < -0.39 is 0 Å². The molecule has 0 aromatic carbocycles. The smallest absolute Gasteiger partial charge is 0.213 e. The molecular formula is C8H14Cl2N2O. The summed E-state index contributed by atoms with van der Waals surface area (Å²) in [5.41, 5.74) is 6.56. The normalized spacial score (nSPS) is 8.15. The molecule has 0 bridgehead atoms. The molecule has 0 saturated heterocycles. The van der Waals surface area contributed by atoms with Crippen LogP contribution >= 0.6 is 24.8 Å². The summed E-state index contributed by atoms with van der Waals surface area (Å²) in [6, 6.07) is 3.84. The minimum absolute atomic E-state index is 0. The maximum Gasteiger partial charge on any atom is 0.213 e. The third-order valence-corrected chi connectivity index (χ3v) is 1.44. The lowest BCUT2D eigenvalue weighted by Crippen LogP contribution is -2.02. The lowest BCUT2D eigenvalue weighted by Gasteiger charge is -2.00. The van der Waals surface area contributed by atoms with Gasteiger partial charge in [0.15, 0.2) is 0 Å². The van der Waals surface area contributed by atoms with Gasteiger partial charge in [-0.3, -0.25) is 0 Å². The summed E-state index contributed by atoms with van der Waals surface area (Å²) < 4.78 is 4.95. The molecule has 0 amide bonds. The van der Waals surface area contributed by atoms with Gasteiger partial charge in [-0.25, -0.2) is 4.98 Å². The highest BCUT2D eigenvalue weighted by molar-refractivity contribution is 5.85. The Kier molecular flexibility index (Phi) is 9.34. The predicted octanol–water partition coefficient (Wildman–Crippen LogP) is 1.43. The second-order valence-corrected chi connectivity index (χ2v) is 2.25. The van der Waals surface area contributed by atoms with Gasteiger partial charge in [0.05, 0.1) is 7.11 Å². The Bertz CT molecular complexity index is 233. The van der Waals surface area contributed by atoms with Gasteiger partial charge in [0.1, 0.15) is 0 Å². The largest absolute Gasteiger partial charge is 0.481 e. The third kappa shape index (κ3) is 4.93. The predicted molar refractivity (Wildman–Crippen MR) is 58.0 cm³/mol. The molecule has 0 unspecified atom stereocenters. The number of rotatable bonds is 3. The van der Waals surface area contributed by atoms with Gasteiger partial charge in [0.2, 0.25) is 5.88 Å². The molecule has 3 nitrogen and oxygen atoms in total. The molecule has 2 N–H and O–H groups in total. The van der Waals surface area contributed by atoms with Crippen molar-refractivity contribution >= 4 is 24.8 Å². The van der Waals surface area contributed by atoms with E-state index in [1.54, 1.807) is 13.3 Å². The van der Waals surface area contributed by atoms with Crippen molar-refractivity contribution in [1.82, 2.24) is 4.98 Å². The maximum atomic E-state index is 5.39. The summed E-state index contributed by atoms with van der Waals surface area (Å²) in [5, 5.41) is 0. The SMILES string of the molecule is COc1cc(CCN)ccn1.Cl.Cl. The van der Waals surface area contributed by atoms with E-state index in [1.807, 2.05) is 12.1 Å². The summed E-state index contributed by atoms with van der Waals surface area (Å²) in [6.45, 7) is 0.660. The Balaban J connectivity index is 0. The summed E-state index contributed by atoms with van der Waals surface area (Å²) >= 11 is 0. The highest BCUT2D eigenvalue weighted by atomic mass is 35.5. The molecule has 1 heterocycles. The zero-order valence-electron chi connectivity index (χ0n) is 7.40. The first kappa shape index (κ1) is 15.0. The number of hydrogen-bond donors (Lipinski definition) is 1. The van der Waals surface area contributed by atoms with Crippen molar-refractivity contribution in [2.24, 2.45) is 5.73 Å². The topological polar surface area (TPSA) is 48.1 Å². The molecule has 1 aromatic heterocycles. The summed E-state index contributed by atoms with van der Waals surface area (Å²) in [4.78, 5) is 3.98. The van der Waals surface area contributed by atoms with E-state index in [0.717, 1.165) is 6.42 Å². The number of ether oxygens (including phenoxy) is 1. The van der Waals surface area contributed by atoms with Crippen molar-refractivity contribution in [1.29, 1.82) is 0 Å². The summed E-state index contributed by atoms with van der Waals surface area (Å²) in [6.07, 6.45) is 2.60. The van der Waals surface area contributed by atoms with Crippen LogP contribution in [0.3, 0.4) is 0 Å². The van der Waals surface area contributed by atoms with Gasteiger partial charge in [0, 0.05) is 12.3 Å². The number of aromatic nitrogens is 1. The number of nitrogens with two attached hydrogens (primary N) is 1. The molecule has 0 saturated carbocycles. The van der Waals surface area contributed by atoms with Crippen molar-refractivity contribution in [3.8, 4) is 5.88 Å². The minimum atomic E-state index is 0. The van der Waals surface area contributed by atoms with Crippen LogP contribution in [0, 0.1) is 0 Å². The molecule has 0 radical (unpaired) electrons. The second-order valence-electron chi connectivity index (χ2n) is 2.25. The average molecular weight is 225 g/mol. The van der Waals surface area contributed by atoms with E-state index in [1.165, 1.54) is 5.56 Å². The lowest BCUT2D eigenvalue weighted by atomic mass is 10.2. The van der Waals surface area contributed by atoms with Crippen molar-refractivity contribution in [3.63, 3.8) is 0 Å². The fourth-order valence-corrected chi connectivity index (χ4v) is 0.884. The molecule has 5 heteroatoms. The first-order valence-corrected chi connectivity index (χ1v) is 3.56. The van der Waals surface area contributed by atoms with Crippen LogP contribution in [0.2, 0.25) is 0 Å². The second kappa shape index (κ2) is 8.10. The molecule has 0 aliphatic heterocycles. The maximum absolute atomic E-state index is 5.39. The fourth-order valence-electron chi connectivity index (χ4n) is 0.884. The van der Waals surface area contributed by atoms with E-state index in [4.69, 9.17) is 10.5 Å². The van der Waals surface area contributed by atoms with Gasteiger partial charge < -0.3 is 10.5 Å². The van der Waals surface area contributed by atoms with Gasteiger partial charge in [-0.1, -0.05) is 0 Å². The number of hydrogen-bond acceptors (Lipinski definition) is 3. The summed E-state index contributed by atoms with van der Waals surface area (Å²) in [5.74, 6) is 0.649. The van der Waals surface area contributed by atoms with Crippen LogP contribution in [0.25, 0.3) is 0 Å². The van der Waals surface area contributed by atoms with E-state index in [0.29, 0.717) is 12.4 Å². The molecule has 1 rings (SSSR count). The van der Waals surface area contributed by atoms with Crippen molar-refractivity contribution in [3.05, 3.63) is 23.9 Å². The van der Waals surface area contributed by atoms with Crippen molar-refractivity contribution in [2.45, 2.75) is 6.42 Å². The Labute approximate surface area is 90.5 Å². The number of nitrogens with zero attached hydrogens (tertiary/aromatic N) is 1. The molecule has 0 spiro atoms. The molecule has 1 aromatic rings. The molecule has 0 atom stereocenters. The molecule has 13 heavy (non-hydrogen) atoms. The highest BCUT2D eigenvalue weighted by Gasteiger charge is 1.94. The number of halogens is 2. The Morgan fingerprint density at radius 1 is 1.46 bits per heavy atom. The number of methoxy groups -OCH3 is 1. The van der Waals surface area contributed by atoms with Gasteiger partial charge in [0.25, 0.3) is 0 Å². The van der Waals surface area contributed by atoms with Gasteiger partial charge in [-0.2, -0.15) is 0 Å². The molecule has 76 valence electrons. The van der Waals surface area contributed by atoms with Crippen LogP contribution in [0.5, 0.6) is 5.88 Å². The standard InChI is InChI=1S/C8H12N2O.2ClH/c1-11-8-6-7(2-4-9)3-5-10-8;;/h3,5-6H,2,4,9H2,1H3;2*1H. The van der Waals surface area contributed by atoms with Crippen LogP contribution in [0.1, 0.15) is 5.56 Å². The fraction of sp³-hybridized carbons (Fsp3) is 0.375.